The van der Waals surface area contributed by atoms with Crippen LogP contribution in [0.3, 0.4) is 0 Å². The monoisotopic (exact) mass is 273 g/mol. The van der Waals surface area contributed by atoms with E-state index in [1.54, 1.807) is 6.92 Å². The van der Waals surface area contributed by atoms with Crippen LogP contribution in [-0.4, -0.2) is 29.2 Å². The Bertz CT molecular complexity index is 478. The molecule has 1 atom stereocenters. The number of Topliss-reactive ketones (excluding diaryl/α,β-unsaturated/α-hetero) is 1. The third kappa shape index (κ3) is 3.47. The van der Waals surface area contributed by atoms with Crippen molar-refractivity contribution in [2.75, 3.05) is 6.54 Å². The van der Waals surface area contributed by atoms with Gasteiger partial charge in [-0.3, -0.25) is 9.59 Å². The molecule has 0 bridgehead atoms. The highest BCUT2D eigenvalue weighted by atomic mass is 16.2. The average molecular weight is 273 g/mol. The molecule has 0 aromatic heterocycles. The maximum Gasteiger partial charge on any atom is 0.254 e. The predicted molar refractivity (Wildman–Crippen MR) is 79.8 cm³/mol. The first-order chi connectivity index (χ1) is 9.61. The Labute approximate surface area is 121 Å². The molecule has 0 saturated carbocycles. The first kappa shape index (κ1) is 14.8. The number of hydrogen-bond acceptors (Lipinski definition) is 2. The highest BCUT2D eigenvalue weighted by molar-refractivity contribution is 5.94. The van der Waals surface area contributed by atoms with Crippen molar-refractivity contribution in [1.82, 2.24) is 4.90 Å². The number of likely N-dealkylation sites (tertiary alicyclic amines) is 1. The second-order valence-electron chi connectivity index (χ2n) is 5.60. The molecule has 3 nitrogen and oxygen atoms in total. The predicted octanol–water partition coefficient (Wildman–Crippen LogP) is 3.22. The van der Waals surface area contributed by atoms with Gasteiger partial charge in [-0.25, -0.2) is 0 Å². The fourth-order valence-corrected chi connectivity index (χ4v) is 2.86. The van der Waals surface area contributed by atoms with Crippen LogP contribution >= 0.6 is 0 Å². The lowest BCUT2D eigenvalue weighted by atomic mass is 9.96. The van der Waals surface area contributed by atoms with E-state index in [-0.39, 0.29) is 17.7 Å². The number of carbonyl (C=O) groups excluding carboxylic acids is 2. The van der Waals surface area contributed by atoms with Gasteiger partial charge in [-0.1, -0.05) is 19.1 Å². The van der Waals surface area contributed by atoms with Crippen molar-refractivity contribution < 1.29 is 9.59 Å². The highest BCUT2D eigenvalue weighted by Crippen LogP contribution is 2.22. The molecule has 1 aliphatic rings. The van der Waals surface area contributed by atoms with Gasteiger partial charge in [0.25, 0.3) is 5.91 Å². The summed E-state index contributed by atoms with van der Waals surface area (Å²) >= 11 is 0. The Kier molecular flexibility index (Phi) is 4.94. The molecule has 1 aromatic carbocycles. The number of piperidine rings is 1. The molecule has 0 aliphatic carbocycles. The molecule has 1 fully saturated rings. The second kappa shape index (κ2) is 6.69. The van der Waals surface area contributed by atoms with Crippen LogP contribution < -0.4 is 0 Å². The fourth-order valence-electron chi connectivity index (χ4n) is 2.86. The number of benzene rings is 1. The Balaban J connectivity index is 2.13. The van der Waals surface area contributed by atoms with E-state index in [1.165, 1.54) is 5.56 Å². The molecule has 0 radical (unpaired) electrons. The van der Waals surface area contributed by atoms with Crippen LogP contribution in [0.25, 0.3) is 0 Å². The van der Waals surface area contributed by atoms with Crippen molar-refractivity contribution in [3.63, 3.8) is 0 Å². The lowest BCUT2D eigenvalue weighted by molar-refractivity contribution is -0.118. The normalized spacial score (nSPS) is 18.9. The van der Waals surface area contributed by atoms with E-state index in [0.29, 0.717) is 6.42 Å². The van der Waals surface area contributed by atoms with E-state index in [0.717, 1.165) is 37.8 Å². The smallest absolute Gasteiger partial charge is 0.254 e. The van der Waals surface area contributed by atoms with Crippen molar-refractivity contribution in [3.8, 4) is 0 Å². The van der Waals surface area contributed by atoms with Gasteiger partial charge < -0.3 is 4.90 Å². The SMILES string of the molecule is CCc1ccc(C(=O)N2CCCCC2CC(C)=O)cc1. The summed E-state index contributed by atoms with van der Waals surface area (Å²) in [6.45, 7) is 4.48. The summed E-state index contributed by atoms with van der Waals surface area (Å²) in [7, 11) is 0. The maximum absolute atomic E-state index is 12.6. The van der Waals surface area contributed by atoms with Crippen LogP contribution in [-0.2, 0) is 11.2 Å². The van der Waals surface area contributed by atoms with Gasteiger partial charge in [-0.05, 0) is 50.3 Å². The molecule has 1 aliphatic heterocycles. The quantitative estimate of drug-likeness (QED) is 0.844. The van der Waals surface area contributed by atoms with E-state index in [1.807, 2.05) is 29.2 Å². The summed E-state index contributed by atoms with van der Waals surface area (Å²) in [5.74, 6) is 0.231. The fraction of sp³-hybridized carbons (Fsp3) is 0.529. The maximum atomic E-state index is 12.6. The van der Waals surface area contributed by atoms with E-state index < -0.39 is 0 Å². The minimum Gasteiger partial charge on any atom is -0.335 e. The van der Waals surface area contributed by atoms with Crippen molar-refractivity contribution in [2.24, 2.45) is 0 Å². The Morgan fingerprint density at radius 3 is 2.50 bits per heavy atom. The molecule has 1 saturated heterocycles. The molecule has 0 spiro atoms. The molecule has 0 N–H and O–H groups in total. The van der Waals surface area contributed by atoms with Crippen molar-refractivity contribution >= 4 is 11.7 Å². The van der Waals surface area contributed by atoms with Crippen LogP contribution in [0.2, 0.25) is 0 Å². The van der Waals surface area contributed by atoms with E-state index in [9.17, 15) is 9.59 Å². The molecule has 3 heteroatoms. The third-order valence-corrected chi connectivity index (χ3v) is 4.02. The zero-order chi connectivity index (χ0) is 14.5. The number of hydrogen-bond donors (Lipinski definition) is 0. The molecule has 2 rings (SSSR count). The van der Waals surface area contributed by atoms with Gasteiger partial charge in [0, 0.05) is 24.6 Å². The van der Waals surface area contributed by atoms with Crippen molar-refractivity contribution in [2.45, 2.75) is 52.0 Å². The van der Waals surface area contributed by atoms with Gasteiger partial charge in [-0.15, -0.1) is 0 Å². The van der Waals surface area contributed by atoms with E-state index in [2.05, 4.69) is 6.92 Å². The summed E-state index contributed by atoms with van der Waals surface area (Å²) in [5, 5.41) is 0. The molecule has 1 unspecified atom stereocenters. The first-order valence-corrected chi connectivity index (χ1v) is 7.51. The largest absolute Gasteiger partial charge is 0.335 e. The molecule has 1 heterocycles. The lowest BCUT2D eigenvalue weighted by Crippen LogP contribution is -2.44. The second-order valence-corrected chi connectivity index (χ2v) is 5.60. The molecule has 1 aromatic rings. The molecular weight excluding hydrogens is 250 g/mol. The van der Waals surface area contributed by atoms with Crippen LogP contribution in [0, 0.1) is 0 Å². The van der Waals surface area contributed by atoms with Crippen LogP contribution in [0.1, 0.15) is 55.5 Å². The number of rotatable bonds is 4. The average Bonchev–Trinajstić information content (AvgIpc) is 2.46. The summed E-state index contributed by atoms with van der Waals surface area (Å²) < 4.78 is 0. The topological polar surface area (TPSA) is 37.4 Å². The highest BCUT2D eigenvalue weighted by Gasteiger charge is 2.28. The number of ketones is 1. The van der Waals surface area contributed by atoms with Gasteiger partial charge in [0.1, 0.15) is 5.78 Å². The summed E-state index contributed by atoms with van der Waals surface area (Å²) in [6, 6.07) is 7.91. The van der Waals surface area contributed by atoms with Gasteiger partial charge in [0.05, 0.1) is 0 Å². The number of aryl methyl sites for hydroxylation is 1. The van der Waals surface area contributed by atoms with E-state index >= 15 is 0 Å². The summed E-state index contributed by atoms with van der Waals surface area (Å²) in [6.07, 6.45) is 4.55. The van der Waals surface area contributed by atoms with Gasteiger partial charge in [-0.2, -0.15) is 0 Å². The number of amides is 1. The Morgan fingerprint density at radius 2 is 1.90 bits per heavy atom. The van der Waals surface area contributed by atoms with Gasteiger partial charge >= 0.3 is 0 Å². The van der Waals surface area contributed by atoms with Gasteiger partial charge in [0.2, 0.25) is 0 Å². The minimum atomic E-state index is 0.0682. The molecular formula is C17H23NO2. The summed E-state index contributed by atoms with van der Waals surface area (Å²) in [4.78, 5) is 25.9. The standard InChI is InChI=1S/C17H23NO2/c1-3-14-7-9-15(10-8-14)17(20)18-11-5-4-6-16(18)12-13(2)19/h7-10,16H,3-6,11-12H2,1-2H3. The lowest BCUT2D eigenvalue weighted by Gasteiger charge is -2.35. The van der Waals surface area contributed by atoms with Crippen LogP contribution in [0.5, 0.6) is 0 Å². The number of nitrogens with zero attached hydrogens (tertiary/aromatic N) is 1. The number of carbonyl (C=O) groups is 2. The van der Waals surface area contributed by atoms with E-state index in [4.69, 9.17) is 0 Å². The molecule has 108 valence electrons. The Morgan fingerprint density at radius 1 is 1.20 bits per heavy atom. The third-order valence-electron chi connectivity index (χ3n) is 4.02. The first-order valence-electron chi connectivity index (χ1n) is 7.51. The molecule has 20 heavy (non-hydrogen) atoms. The molecule has 1 amide bonds. The van der Waals surface area contributed by atoms with Crippen molar-refractivity contribution in [1.29, 1.82) is 0 Å². The zero-order valence-electron chi connectivity index (χ0n) is 12.4. The van der Waals surface area contributed by atoms with Crippen molar-refractivity contribution in [3.05, 3.63) is 35.4 Å². The Hall–Kier alpha value is -1.64. The van der Waals surface area contributed by atoms with Gasteiger partial charge in [0.15, 0.2) is 0 Å². The zero-order valence-corrected chi connectivity index (χ0v) is 12.4. The summed E-state index contributed by atoms with van der Waals surface area (Å²) in [5.41, 5.74) is 1.97. The van der Waals surface area contributed by atoms with Crippen LogP contribution in [0.15, 0.2) is 24.3 Å². The van der Waals surface area contributed by atoms with Crippen LogP contribution in [0.4, 0.5) is 0 Å². The minimum absolute atomic E-state index is 0.0682.